The van der Waals surface area contributed by atoms with Gasteiger partial charge < -0.3 is 14.8 Å². The van der Waals surface area contributed by atoms with Gasteiger partial charge in [0.15, 0.2) is 11.5 Å². The standard InChI is InChI=1S/C23H26N4O5/c1-23(2,3)17-10-9-15(13-18(17)27(29)30)22(28)25-20-11-12-24-26(20)14-16-7-6-8-19(31-4)21(16)32-5/h6-13H,14H2,1-5H3,(H,25,28). The van der Waals surface area contributed by atoms with E-state index in [1.54, 1.807) is 49.4 Å². The third kappa shape index (κ3) is 4.72. The molecular formula is C23H26N4O5. The number of hydrogen-bond acceptors (Lipinski definition) is 6. The van der Waals surface area contributed by atoms with E-state index in [1.165, 1.54) is 6.07 Å². The average Bonchev–Trinajstić information content (AvgIpc) is 3.18. The van der Waals surface area contributed by atoms with Crippen molar-refractivity contribution in [3.05, 3.63) is 75.5 Å². The lowest BCUT2D eigenvalue weighted by Gasteiger charge is -2.19. The molecule has 0 atom stereocenters. The molecule has 0 aliphatic heterocycles. The van der Waals surface area contributed by atoms with Gasteiger partial charge >= 0.3 is 0 Å². The van der Waals surface area contributed by atoms with E-state index in [-0.39, 0.29) is 11.3 Å². The van der Waals surface area contributed by atoms with Crippen molar-refractivity contribution in [2.75, 3.05) is 19.5 Å². The zero-order valence-electron chi connectivity index (χ0n) is 18.7. The summed E-state index contributed by atoms with van der Waals surface area (Å²) in [6.45, 7) is 5.99. The molecule has 3 rings (SSSR count). The van der Waals surface area contributed by atoms with Gasteiger partial charge in [0.2, 0.25) is 0 Å². The van der Waals surface area contributed by atoms with Crippen LogP contribution in [-0.4, -0.2) is 34.8 Å². The molecule has 0 spiro atoms. The fourth-order valence-electron chi connectivity index (χ4n) is 3.45. The topological polar surface area (TPSA) is 109 Å². The fourth-order valence-corrected chi connectivity index (χ4v) is 3.45. The highest BCUT2D eigenvalue weighted by molar-refractivity contribution is 6.04. The van der Waals surface area contributed by atoms with Crippen molar-refractivity contribution in [1.29, 1.82) is 0 Å². The van der Waals surface area contributed by atoms with Crippen LogP contribution in [-0.2, 0) is 12.0 Å². The van der Waals surface area contributed by atoms with Crippen LogP contribution < -0.4 is 14.8 Å². The molecule has 1 heterocycles. The molecule has 9 nitrogen and oxygen atoms in total. The summed E-state index contributed by atoms with van der Waals surface area (Å²) in [6.07, 6.45) is 1.56. The molecule has 0 unspecified atom stereocenters. The first-order chi connectivity index (χ1) is 15.2. The number of ether oxygens (including phenoxy) is 2. The molecule has 0 bridgehead atoms. The zero-order valence-corrected chi connectivity index (χ0v) is 18.7. The molecule has 2 aromatic carbocycles. The summed E-state index contributed by atoms with van der Waals surface area (Å²) in [5.74, 6) is 1.15. The number of nitro groups is 1. The molecule has 3 aromatic rings. The van der Waals surface area contributed by atoms with E-state index < -0.39 is 16.2 Å². The van der Waals surface area contributed by atoms with Crippen molar-refractivity contribution in [1.82, 2.24) is 9.78 Å². The van der Waals surface area contributed by atoms with Gasteiger partial charge in [0.05, 0.1) is 31.9 Å². The molecule has 0 aliphatic carbocycles. The Morgan fingerprint density at radius 1 is 1.16 bits per heavy atom. The highest BCUT2D eigenvalue weighted by Crippen LogP contribution is 2.33. The Morgan fingerprint density at radius 2 is 1.91 bits per heavy atom. The predicted molar refractivity (Wildman–Crippen MR) is 121 cm³/mol. The lowest BCUT2D eigenvalue weighted by atomic mass is 9.85. The normalized spacial score (nSPS) is 11.2. The van der Waals surface area contributed by atoms with Crippen molar-refractivity contribution in [3.8, 4) is 11.5 Å². The summed E-state index contributed by atoms with van der Waals surface area (Å²) in [7, 11) is 3.12. The maximum Gasteiger partial charge on any atom is 0.273 e. The molecule has 0 saturated heterocycles. The summed E-state index contributed by atoms with van der Waals surface area (Å²) in [6, 6.07) is 11.7. The van der Waals surface area contributed by atoms with E-state index in [0.29, 0.717) is 29.4 Å². The van der Waals surface area contributed by atoms with Gasteiger partial charge in [-0.15, -0.1) is 0 Å². The van der Waals surface area contributed by atoms with Gasteiger partial charge in [-0.25, -0.2) is 4.68 Å². The summed E-state index contributed by atoms with van der Waals surface area (Å²) < 4.78 is 12.4. The van der Waals surface area contributed by atoms with Crippen molar-refractivity contribution in [2.24, 2.45) is 0 Å². The van der Waals surface area contributed by atoms with Crippen LogP contribution in [0.3, 0.4) is 0 Å². The third-order valence-corrected chi connectivity index (χ3v) is 5.03. The first-order valence-electron chi connectivity index (χ1n) is 9.97. The van der Waals surface area contributed by atoms with Gasteiger partial charge in [0.25, 0.3) is 11.6 Å². The lowest BCUT2D eigenvalue weighted by Crippen LogP contribution is -2.18. The Balaban J connectivity index is 1.87. The second-order valence-corrected chi connectivity index (χ2v) is 8.22. The van der Waals surface area contributed by atoms with Crippen molar-refractivity contribution >= 4 is 17.4 Å². The number of anilines is 1. The Labute approximate surface area is 186 Å². The molecule has 9 heteroatoms. The Kier molecular flexibility index (Phi) is 6.47. The van der Waals surface area contributed by atoms with Crippen LogP contribution in [0.4, 0.5) is 11.5 Å². The highest BCUT2D eigenvalue weighted by atomic mass is 16.6. The monoisotopic (exact) mass is 438 g/mol. The van der Waals surface area contributed by atoms with E-state index in [2.05, 4.69) is 10.4 Å². The van der Waals surface area contributed by atoms with Crippen molar-refractivity contribution in [3.63, 3.8) is 0 Å². The molecule has 1 amide bonds. The molecule has 32 heavy (non-hydrogen) atoms. The molecule has 0 fully saturated rings. The number of nitro benzene ring substituents is 1. The molecule has 0 aliphatic rings. The largest absolute Gasteiger partial charge is 0.493 e. The maximum atomic E-state index is 12.9. The Bertz CT molecular complexity index is 1150. The van der Waals surface area contributed by atoms with Gasteiger partial charge in [0.1, 0.15) is 5.82 Å². The fraction of sp³-hybridized carbons (Fsp3) is 0.304. The minimum atomic E-state index is -0.465. The maximum absolute atomic E-state index is 12.9. The molecular weight excluding hydrogens is 412 g/mol. The van der Waals surface area contributed by atoms with E-state index in [4.69, 9.17) is 9.47 Å². The SMILES string of the molecule is COc1cccc(Cn2nccc2NC(=O)c2ccc(C(C)(C)C)c([N+](=O)[O-])c2)c1OC. The quantitative estimate of drug-likeness (QED) is 0.432. The van der Waals surface area contributed by atoms with Crippen LogP contribution in [0.2, 0.25) is 0 Å². The first kappa shape index (κ1) is 22.8. The minimum absolute atomic E-state index is 0.0835. The number of aromatic nitrogens is 2. The number of benzene rings is 2. The van der Waals surface area contributed by atoms with Crippen LogP contribution >= 0.6 is 0 Å². The number of carbonyl (C=O) groups excluding carboxylic acids is 1. The summed E-state index contributed by atoms with van der Waals surface area (Å²) >= 11 is 0. The van der Waals surface area contributed by atoms with Crippen LogP contribution in [0.15, 0.2) is 48.7 Å². The second-order valence-electron chi connectivity index (χ2n) is 8.22. The summed E-state index contributed by atoms with van der Waals surface area (Å²) in [4.78, 5) is 24.0. The van der Waals surface area contributed by atoms with E-state index in [0.717, 1.165) is 5.56 Å². The van der Waals surface area contributed by atoms with Crippen LogP contribution in [0, 0.1) is 10.1 Å². The average molecular weight is 438 g/mol. The van der Waals surface area contributed by atoms with Crippen molar-refractivity contribution in [2.45, 2.75) is 32.7 Å². The van der Waals surface area contributed by atoms with Gasteiger partial charge in [-0.2, -0.15) is 5.10 Å². The van der Waals surface area contributed by atoms with Crippen LogP contribution in [0.5, 0.6) is 11.5 Å². The highest BCUT2D eigenvalue weighted by Gasteiger charge is 2.26. The summed E-state index contributed by atoms with van der Waals surface area (Å²) in [5, 5.41) is 18.6. The van der Waals surface area contributed by atoms with Crippen LogP contribution in [0.1, 0.15) is 42.3 Å². The molecule has 0 radical (unpaired) electrons. The number of para-hydroxylation sites is 1. The van der Waals surface area contributed by atoms with E-state index in [1.807, 2.05) is 32.9 Å². The predicted octanol–water partition coefficient (Wildman–Crippen LogP) is 4.41. The number of hydrogen-bond donors (Lipinski definition) is 1. The number of methoxy groups -OCH3 is 2. The van der Waals surface area contributed by atoms with Gasteiger partial charge in [-0.1, -0.05) is 39.0 Å². The molecule has 1 N–H and O–H groups in total. The second kappa shape index (κ2) is 9.09. The molecule has 1 aromatic heterocycles. The number of carbonyl (C=O) groups is 1. The number of nitrogens with one attached hydrogen (secondary N) is 1. The summed E-state index contributed by atoms with van der Waals surface area (Å²) in [5.41, 5.74) is 1.06. The first-order valence-corrected chi connectivity index (χ1v) is 9.97. The van der Waals surface area contributed by atoms with Gasteiger partial charge in [-0.05, 0) is 17.5 Å². The minimum Gasteiger partial charge on any atom is -0.493 e. The van der Waals surface area contributed by atoms with E-state index >= 15 is 0 Å². The number of rotatable bonds is 7. The number of nitrogens with zero attached hydrogens (tertiary/aromatic N) is 3. The van der Waals surface area contributed by atoms with E-state index in [9.17, 15) is 14.9 Å². The van der Waals surface area contributed by atoms with Gasteiger partial charge in [-0.3, -0.25) is 14.9 Å². The van der Waals surface area contributed by atoms with Crippen LogP contribution in [0.25, 0.3) is 0 Å². The zero-order chi connectivity index (χ0) is 23.5. The Morgan fingerprint density at radius 3 is 2.53 bits per heavy atom. The Hall–Kier alpha value is -3.88. The van der Waals surface area contributed by atoms with Gasteiger partial charge in [0, 0.05) is 28.8 Å². The number of amides is 1. The lowest BCUT2D eigenvalue weighted by molar-refractivity contribution is -0.386. The molecule has 0 saturated carbocycles. The van der Waals surface area contributed by atoms with Crippen molar-refractivity contribution < 1.29 is 19.2 Å². The molecule has 168 valence electrons. The third-order valence-electron chi connectivity index (χ3n) is 5.03. The smallest absolute Gasteiger partial charge is 0.273 e.